The molecule has 0 aromatic rings. The lowest BCUT2D eigenvalue weighted by molar-refractivity contribution is -0.142. The van der Waals surface area contributed by atoms with Crippen LogP contribution in [0, 0.1) is 11.8 Å². The van der Waals surface area contributed by atoms with E-state index < -0.39 is 17.9 Å². The third-order valence-electron chi connectivity index (χ3n) is 6.22. The zero-order valence-electron chi connectivity index (χ0n) is 24.3. The Morgan fingerprint density at radius 1 is 0.854 bits per heavy atom. The van der Waals surface area contributed by atoms with Crippen molar-refractivity contribution < 1.29 is 52.8 Å². The molecule has 4 amide bonds. The summed E-state index contributed by atoms with van der Waals surface area (Å²) in [4.78, 5) is 71.4. The predicted molar refractivity (Wildman–Crippen MR) is 145 cm³/mol. The van der Waals surface area contributed by atoms with Crippen LogP contribution in [0.2, 0.25) is 0 Å². The quantitative estimate of drug-likeness (QED) is 0.101. The van der Waals surface area contributed by atoms with E-state index in [2.05, 4.69) is 10.6 Å². The van der Waals surface area contributed by atoms with Crippen LogP contribution in [0.25, 0.3) is 0 Å². The first-order valence-corrected chi connectivity index (χ1v) is 14.0. The van der Waals surface area contributed by atoms with Crippen molar-refractivity contribution in [2.75, 3.05) is 65.9 Å². The Hall–Kier alpha value is -2.94. The molecular formula is C27H45N3O11. The Kier molecular flexibility index (Phi) is 18.4. The standard InChI is InChI=1S/C27H45N3O11/c1-19(2)21-18-25(34)30(26(21)35)9-6-23(32)28-8-11-39-13-15-41-17-16-40-14-12-38-10-7-24(33)29-22(27(36)37)5-4-20(3)31/h19,21-22H,4-18H2,1-3H3,(H,28,32)(H,29,33)(H,36,37). The Labute approximate surface area is 240 Å². The molecule has 0 aromatic heterocycles. The van der Waals surface area contributed by atoms with Crippen molar-refractivity contribution in [3.05, 3.63) is 0 Å². The monoisotopic (exact) mass is 587 g/mol. The number of imide groups is 1. The molecule has 2 atom stereocenters. The molecule has 1 heterocycles. The Morgan fingerprint density at radius 3 is 1.93 bits per heavy atom. The molecule has 0 aromatic carbocycles. The number of nitrogens with zero attached hydrogens (tertiary/aromatic N) is 1. The molecule has 41 heavy (non-hydrogen) atoms. The van der Waals surface area contributed by atoms with Gasteiger partial charge in [-0.05, 0) is 19.3 Å². The second kappa shape index (κ2) is 20.9. The molecule has 234 valence electrons. The lowest BCUT2D eigenvalue weighted by Gasteiger charge is -2.16. The summed E-state index contributed by atoms with van der Waals surface area (Å²) in [6, 6.07) is -1.10. The first-order chi connectivity index (χ1) is 19.5. The third kappa shape index (κ3) is 16.2. The van der Waals surface area contributed by atoms with Crippen LogP contribution in [-0.2, 0) is 47.7 Å². The van der Waals surface area contributed by atoms with Gasteiger partial charge in [0.2, 0.25) is 23.6 Å². The highest BCUT2D eigenvalue weighted by molar-refractivity contribution is 6.03. The van der Waals surface area contributed by atoms with E-state index in [9.17, 15) is 28.8 Å². The summed E-state index contributed by atoms with van der Waals surface area (Å²) in [5.74, 6) is -2.68. The molecule has 0 bridgehead atoms. The highest BCUT2D eigenvalue weighted by Crippen LogP contribution is 2.26. The van der Waals surface area contributed by atoms with Crippen molar-refractivity contribution in [2.45, 2.75) is 58.9 Å². The van der Waals surface area contributed by atoms with Crippen LogP contribution >= 0.6 is 0 Å². The summed E-state index contributed by atoms with van der Waals surface area (Å²) in [6.45, 7) is 7.92. The van der Waals surface area contributed by atoms with Gasteiger partial charge in [-0.3, -0.25) is 24.1 Å². The lowest BCUT2D eigenvalue weighted by Crippen LogP contribution is -2.41. The molecule has 1 rings (SSSR count). The smallest absolute Gasteiger partial charge is 0.326 e. The number of amides is 4. The maximum atomic E-state index is 12.3. The van der Waals surface area contributed by atoms with Crippen LogP contribution in [0.4, 0.5) is 0 Å². The van der Waals surface area contributed by atoms with Crippen LogP contribution in [0.15, 0.2) is 0 Å². The van der Waals surface area contributed by atoms with Crippen LogP contribution < -0.4 is 10.6 Å². The number of ketones is 1. The van der Waals surface area contributed by atoms with E-state index in [1.54, 1.807) is 0 Å². The van der Waals surface area contributed by atoms with Gasteiger partial charge in [0.25, 0.3) is 0 Å². The average molecular weight is 588 g/mol. The number of carboxylic acids is 1. The number of likely N-dealkylation sites (tertiary alicyclic amines) is 1. The number of carbonyl (C=O) groups is 6. The summed E-state index contributed by atoms with van der Waals surface area (Å²) >= 11 is 0. The minimum Gasteiger partial charge on any atom is -0.480 e. The SMILES string of the molecule is CC(=O)CCC(NC(=O)CCOCCOCCOCCOCCNC(=O)CCN1C(=O)CC(C(C)C)C1=O)C(=O)O. The van der Waals surface area contributed by atoms with Crippen LogP contribution in [-0.4, -0.2) is 117 Å². The van der Waals surface area contributed by atoms with Gasteiger partial charge in [-0.1, -0.05) is 13.8 Å². The summed E-state index contributed by atoms with van der Waals surface area (Å²) in [5.41, 5.74) is 0. The molecule has 2 unspecified atom stereocenters. The number of hydrogen-bond acceptors (Lipinski definition) is 10. The van der Waals surface area contributed by atoms with E-state index in [-0.39, 0.29) is 87.2 Å². The number of carboxylic acid groups (broad SMARTS) is 1. The Balaban J connectivity index is 1.91. The second-order valence-corrected chi connectivity index (χ2v) is 9.94. The van der Waals surface area contributed by atoms with E-state index in [0.717, 1.165) is 0 Å². The van der Waals surface area contributed by atoms with E-state index in [1.165, 1.54) is 11.8 Å². The molecule has 1 fully saturated rings. The summed E-state index contributed by atoms with van der Waals surface area (Å²) in [6.07, 6.45) is 0.390. The van der Waals surface area contributed by atoms with E-state index in [1.807, 2.05) is 13.8 Å². The van der Waals surface area contributed by atoms with Gasteiger partial charge >= 0.3 is 5.97 Å². The van der Waals surface area contributed by atoms with E-state index in [0.29, 0.717) is 46.2 Å². The van der Waals surface area contributed by atoms with Crippen LogP contribution in [0.3, 0.4) is 0 Å². The van der Waals surface area contributed by atoms with Crippen molar-refractivity contribution in [3.8, 4) is 0 Å². The van der Waals surface area contributed by atoms with Gasteiger partial charge in [-0.2, -0.15) is 0 Å². The largest absolute Gasteiger partial charge is 0.480 e. The first kappa shape index (κ1) is 36.1. The summed E-state index contributed by atoms with van der Waals surface area (Å²) < 4.78 is 21.4. The van der Waals surface area contributed by atoms with Crippen molar-refractivity contribution in [1.29, 1.82) is 0 Å². The Bertz CT molecular complexity index is 865. The molecule has 1 aliphatic rings. The topological polar surface area (TPSA) is 187 Å². The molecule has 14 heteroatoms. The molecule has 14 nitrogen and oxygen atoms in total. The fourth-order valence-electron chi connectivity index (χ4n) is 3.83. The van der Waals surface area contributed by atoms with Crippen molar-refractivity contribution >= 4 is 35.4 Å². The average Bonchev–Trinajstić information content (AvgIpc) is 3.20. The molecular weight excluding hydrogens is 542 g/mol. The number of carbonyl (C=O) groups excluding carboxylic acids is 5. The number of ether oxygens (including phenoxy) is 4. The van der Waals surface area contributed by atoms with Crippen molar-refractivity contribution in [3.63, 3.8) is 0 Å². The van der Waals surface area contributed by atoms with E-state index in [4.69, 9.17) is 24.1 Å². The lowest BCUT2D eigenvalue weighted by atomic mass is 9.94. The number of hydrogen-bond donors (Lipinski definition) is 3. The van der Waals surface area contributed by atoms with Gasteiger partial charge in [0.15, 0.2) is 0 Å². The Morgan fingerprint density at radius 2 is 1.41 bits per heavy atom. The maximum absolute atomic E-state index is 12.3. The maximum Gasteiger partial charge on any atom is 0.326 e. The number of rotatable bonds is 24. The molecule has 0 radical (unpaired) electrons. The number of nitrogens with one attached hydrogen (secondary N) is 2. The summed E-state index contributed by atoms with van der Waals surface area (Å²) in [5, 5.41) is 14.2. The normalized spacial score (nSPS) is 15.8. The summed E-state index contributed by atoms with van der Waals surface area (Å²) in [7, 11) is 0. The fourth-order valence-corrected chi connectivity index (χ4v) is 3.83. The van der Waals surface area contributed by atoms with Gasteiger partial charge < -0.3 is 39.5 Å². The van der Waals surface area contributed by atoms with Crippen LogP contribution in [0.5, 0.6) is 0 Å². The van der Waals surface area contributed by atoms with Gasteiger partial charge in [0, 0.05) is 44.7 Å². The molecule has 0 spiro atoms. The van der Waals surface area contributed by atoms with Gasteiger partial charge in [0.1, 0.15) is 11.8 Å². The highest BCUT2D eigenvalue weighted by Gasteiger charge is 2.39. The molecule has 1 aliphatic heterocycles. The van der Waals surface area contributed by atoms with Crippen LogP contribution in [0.1, 0.15) is 52.9 Å². The van der Waals surface area contributed by atoms with E-state index >= 15 is 0 Å². The fraction of sp³-hybridized carbons (Fsp3) is 0.778. The molecule has 0 aliphatic carbocycles. The number of Topliss-reactive ketones (excluding diaryl/α,β-unsaturated/α-hetero) is 1. The van der Waals surface area contributed by atoms with Gasteiger partial charge in [-0.15, -0.1) is 0 Å². The van der Waals surface area contributed by atoms with Gasteiger partial charge in [0.05, 0.1) is 52.9 Å². The minimum absolute atomic E-state index is 0.00388. The highest BCUT2D eigenvalue weighted by atomic mass is 16.6. The third-order valence-corrected chi connectivity index (χ3v) is 6.22. The first-order valence-electron chi connectivity index (χ1n) is 14.0. The molecule has 1 saturated heterocycles. The van der Waals surface area contributed by atoms with Gasteiger partial charge in [-0.25, -0.2) is 4.79 Å². The second-order valence-electron chi connectivity index (χ2n) is 9.94. The predicted octanol–water partition coefficient (Wildman–Crippen LogP) is -0.0811. The van der Waals surface area contributed by atoms with Crippen molar-refractivity contribution in [1.82, 2.24) is 15.5 Å². The molecule has 0 saturated carbocycles. The zero-order valence-corrected chi connectivity index (χ0v) is 24.3. The zero-order chi connectivity index (χ0) is 30.6. The molecule has 3 N–H and O–H groups in total. The number of aliphatic carboxylic acids is 1. The van der Waals surface area contributed by atoms with Crippen molar-refractivity contribution in [2.24, 2.45) is 11.8 Å². The minimum atomic E-state index is -1.18.